The number of benzene rings is 1. The maximum Gasteiger partial charge on any atom is 0.407 e. The topological polar surface area (TPSA) is 173 Å². The summed E-state index contributed by atoms with van der Waals surface area (Å²) in [6.07, 6.45) is -1.10. The minimum atomic E-state index is -4.46. The van der Waals surface area contributed by atoms with Crippen molar-refractivity contribution in [3.8, 4) is 11.3 Å². The van der Waals surface area contributed by atoms with Crippen LogP contribution in [0.3, 0.4) is 0 Å². The molecule has 2 atom stereocenters. The molecular weight excluding hydrogens is 541 g/mol. The van der Waals surface area contributed by atoms with E-state index < -0.39 is 37.7 Å². The fourth-order valence-corrected chi connectivity index (χ4v) is 5.45. The normalized spacial score (nSPS) is 18.5. The molecule has 216 valence electrons. The maximum atomic E-state index is 13.5. The number of hydrogen-bond donors (Lipinski definition) is 4. The molecule has 0 saturated carbocycles. The second-order valence-electron chi connectivity index (χ2n) is 9.85. The number of pyridine rings is 1. The molecule has 2 aromatic rings. The first kappa shape index (κ1) is 29.5. The Morgan fingerprint density at radius 1 is 1.07 bits per heavy atom. The van der Waals surface area contributed by atoms with Crippen molar-refractivity contribution in [2.24, 2.45) is 0 Å². The second-order valence-corrected chi connectivity index (χ2v) is 11.6. The highest BCUT2D eigenvalue weighted by Crippen LogP contribution is 2.35. The van der Waals surface area contributed by atoms with Gasteiger partial charge in [-0.1, -0.05) is 30.3 Å². The Morgan fingerprint density at radius 2 is 1.75 bits per heavy atom. The number of aromatic nitrogens is 1. The summed E-state index contributed by atoms with van der Waals surface area (Å²) in [5, 5.41) is 11.8. The van der Waals surface area contributed by atoms with Gasteiger partial charge in [0, 0.05) is 57.6 Å². The summed E-state index contributed by atoms with van der Waals surface area (Å²) in [6.45, 7) is 1.78. The lowest BCUT2D eigenvalue weighted by Crippen LogP contribution is -2.56. The fraction of sp³-hybridized carbons (Fsp3) is 0.462. The van der Waals surface area contributed by atoms with E-state index in [1.165, 1.54) is 9.80 Å². The van der Waals surface area contributed by atoms with Gasteiger partial charge in [-0.2, -0.15) is 0 Å². The summed E-state index contributed by atoms with van der Waals surface area (Å²) in [4.78, 5) is 66.2. The average molecular weight is 576 g/mol. The van der Waals surface area contributed by atoms with Crippen molar-refractivity contribution in [3.63, 3.8) is 0 Å². The lowest BCUT2D eigenvalue weighted by molar-refractivity contribution is -0.134. The summed E-state index contributed by atoms with van der Waals surface area (Å²) < 4.78 is 17.1. The Labute approximate surface area is 231 Å². The van der Waals surface area contributed by atoms with Gasteiger partial charge in [0.1, 0.15) is 11.7 Å². The van der Waals surface area contributed by atoms with E-state index in [0.717, 1.165) is 24.2 Å². The Morgan fingerprint density at radius 3 is 2.35 bits per heavy atom. The van der Waals surface area contributed by atoms with Gasteiger partial charge in [-0.05, 0) is 25.0 Å². The molecule has 4 rings (SSSR count). The van der Waals surface area contributed by atoms with Crippen LogP contribution in [0.25, 0.3) is 11.3 Å². The third kappa shape index (κ3) is 7.57. The monoisotopic (exact) mass is 575 g/mol. The zero-order valence-corrected chi connectivity index (χ0v) is 23.1. The van der Waals surface area contributed by atoms with E-state index >= 15 is 0 Å². The Hall–Kier alpha value is -3.51. The number of carbonyl (C=O) groups is 3. The van der Waals surface area contributed by atoms with Crippen LogP contribution in [0.1, 0.15) is 23.3 Å². The highest BCUT2D eigenvalue weighted by molar-refractivity contribution is 7.51. The molecule has 2 aliphatic rings. The largest absolute Gasteiger partial charge is 0.465 e. The van der Waals surface area contributed by atoms with E-state index in [1.807, 2.05) is 36.4 Å². The molecule has 2 fully saturated rings. The number of anilines is 1. The SMILES string of the molecule is CO[C@H]1CCN(c2cc(C(=O)N[C@H](CCP(=O)(O)O)C(=O)N3CCN(C(=O)O)CC3)nc(-c3ccccc3)c2)C1. The van der Waals surface area contributed by atoms with Gasteiger partial charge in [0.05, 0.1) is 18.0 Å². The smallest absolute Gasteiger partial charge is 0.407 e. The first-order valence-corrected chi connectivity index (χ1v) is 14.8. The van der Waals surface area contributed by atoms with Crippen LogP contribution in [0.4, 0.5) is 10.5 Å². The van der Waals surface area contributed by atoms with E-state index in [1.54, 1.807) is 13.2 Å². The Bertz CT molecular complexity index is 1260. The second kappa shape index (κ2) is 12.8. The fourth-order valence-electron chi connectivity index (χ4n) is 4.85. The van der Waals surface area contributed by atoms with Crippen molar-refractivity contribution in [2.45, 2.75) is 25.0 Å². The number of hydrogen-bond acceptors (Lipinski definition) is 7. The van der Waals surface area contributed by atoms with Crippen LogP contribution >= 0.6 is 7.60 Å². The molecule has 4 N–H and O–H groups in total. The van der Waals surface area contributed by atoms with Gasteiger partial charge >= 0.3 is 13.7 Å². The Kier molecular flexibility index (Phi) is 9.41. The van der Waals surface area contributed by atoms with E-state index in [4.69, 9.17) is 4.74 Å². The Balaban J connectivity index is 1.59. The molecule has 13 nitrogen and oxygen atoms in total. The number of nitrogens with zero attached hydrogens (tertiary/aromatic N) is 4. The number of carbonyl (C=O) groups excluding carboxylic acids is 2. The molecule has 0 spiro atoms. The van der Waals surface area contributed by atoms with E-state index in [2.05, 4.69) is 15.2 Å². The van der Waals surface area contributed by atoms with Gasteiger partial charge in [0.2, 0.25) is 5.91 Å². The first-order valence-electron chi connectivity index (χ1n) is 13.0. The van der Waals surface area contributed by atoms with Crippen LogP contribution in [-0.4, -0.2) is 112 Å². The molecule has 14 heteroatoms. The molecule has 1 aromatic carbocycles. The lowest BCUT2D eigenvalue weighted by Gasteiger charge is -2.35. The van der Waals surface area contributed by atoms with Crippen molar-refractivity contribution in [2.75, 3.05) is 57.4 Å². The molecule has 2 saturated heterocycles. The van der Waals surface area contributed by atoms with Gasteiger partial charge in [-0.15, -0.1) is 0 Å². The first-order chi connectivity index (χ1) is 19.0. The highest BCUT2D eigenvalue weighted by Gasteiger charge is 2.32. The minimum Gasteiger partial charge on any atom is -0.465 e. The van der Waals surface area contributed by atoms with Crippen molar-refractivity contribution >= 4 is 31.2 Å². The van der Waals surface area contributed by atoms with Gasteiger partial charge in [-0.3, -0.25) is 14.2 Å². The van der Waals surface area contributed by atoms with Crippen LogP contribution in [0.15, 0.2) is 42.5 Å². The molecule has 0 radical (unpaired) electrons. The van der Waals surface area contributed by atoms with Crippen molar-refractivity contribution < 1.29 is 38.6 Å². The van der Waals surface area contributed by atoms with Crippen LogP contribution in [0.2, 0.25) is 0 Å². The van der Waals surface area contributed by atoms with Crippen LogP contribution < -0.4 is 10.2 Å². The molecular formula is C26H34N5O8P. The maximum absolute atomic E-state index is 13.5. The van der Waals surface area contributed by atoms with Crippen molar-refractivity contribution in [3.05, 3.63) is 48.2 Å². The quantitative estimate of drug-likeness (QED) is 0.321. The van der Waals surface area contributed by atoms with Crippen LogP contribution in [0, 0.1) is 0 Å². The third-order valence-electron chi connectivity index (χ3n) is 7.13. The van der Waals surface area contributed by atoms with Crippen LogP contribution in [0.5, 0.6) is 0 Å². The van der Waals surface area contributed by atoms with Crippen LogP contribution in [-0.2, 0) is 14.1 Å². The molecule has 1 aromatic heterocycles. The van der Waals surface area contributed by atoms with E-state index in [0.29, 0.717) is 12.2 Å². The minimum absolute atomic E-state index is 0.0573. The zero-order chi connectivity index (χ0) is 28.9. The number of carboxylic acid groups (broad SMARTS) is 1. The number of nitrogens with one attached hydrogen (secondary N) is 1. The van der Waals surface area contributed by atoms with Gasteiger partial charge in [0.25, 0.3) is 5.91 Å². The number of methoxy groups -OCH3 is 1. The summed E-state index contributed by atoms with van der Waals surface area (Å²) in [5.41, 5.74) is 2.18. The zero-order valence-electron chi connectivity index (χ0n) is 22.2. The van der Waals surface area contributed by atoms with E-state index in [-0.39, 0.29) is 44.4 Å². The third-order valence-corrected chi connectivity index (χ3v) is 7.97. The number of rotatable bonds is 9. The van der Waals surface area contributed by atoms with Gasteiger partial charge in [-0.25, -0.2) is 9.78 Å². The van der Waals surface area contributed by atoms with Gasteiger partial charge in [0.15, 0.2) is 0 Å². The molecule has 0 bridgehead atoms. The number of piperazine rings is 1. The number of ether oxygens (including phenoxy) is 1. The summed E-state index contributed by atoms with van der Waals surface area (Å²) in [5.74, 6) is -1.19. The number of amides is 3. The van der Waals surface area contributed by atoms with Crippen molar-refractivity contribution in [1.82, 2.24) is 20.1 Å². The standard InChI is InChI=1S/C26H34N5O8P/c1-39-20-7-9-31(17-20)19-15-22(18-5-3-2-4-6-18)27-23(16-19)24(32)28-21(8-14-40(36,37)38)25(33)29-10-12-30(13-11-29)26(34)35/h2-6,15-16,20-21H,7-14,17H2,1H3,(H,28,32)(H,34,35)(H2,36,37,38)/t20-,21+/m0/s1. The predicted octanol–water partition coefficient (Wildman–Crippen LogP) is 1.46. The molecule has 0 unspecified atom stereocenters. The molecule has 0 aliphatic carbocycles. The average Bonchev–Trinajstić information content (AvgIpc) is 3.44. The lowest BCUT2D eigenvalue weighted by atomic mass is 10.1. The summed E-state index contributed by atoms with van der Waals surface area (Å²) >= 11 is 0. The highest BCUT2D eigenvalue weighted by atomic mass is 31.2. The van der Waals surface area contributed by atoms with Gasteiger partial charge < -0.3 is 39.6 Å². The predicted molar refractivity (Wildman–Crippen MR) is 146 cm³/mol. The molecule has 3 amide bonds. The summed E-state index contributed by atoms with van der Waals surface area (Å²) in [7, 11) is -2.80. The molecule has 40 heavy (non-hydrogen) atoms. The van der Waals surface area contributed by atoms with E-state index in [9.17, 15) is 33.8 Å². The molecule has 2 aliphatic heterocycles. The van der Waals surface area contributed by atoms with Crippen molar-refractivity contribution in [1.29, 1.82) is 0 Å². The molecule has 3 heterocycles. The summed E-state index contributed by atoms with van der Waals surface area (Å²) in [6, 6.07) is 11.6.